The first-order chi connectivity index (χ1) is 11.8. The summed E-state index contributed by atoms with van der Waals surface area (Å²) in [6.07, 6.45) is 3.92. The third-order valence-corrected chi connectivity index (χ3v) is 3.72. The van der Waals surface area contributed by atoms with Crippen LogP contribution in [0.3, 0.4) is 0 Å². The fourth-order valence-electron chi connectivity index (χ4n) is 2.15. The minimum Gasteiger partial charge on any atom is -0.370 e. The molecule has 0 aliphatic heterocycles. The Morgan fingerprint density at radius 2 is 1.80 bits per heavy atom. The number of unbranched alkanes of at least 4 members (excludes halogenated alkanes) is 1. The fourth-order valence-corrected chi connectivity index (χ4v) is 2.28. The second kappa shape index (κ2) is 12.8. The van der Waals surface area contributed by atoms with Crippen LogP contribution in [0.4, 0.5) is 5.82 Å². The molecule has 2 aromatic rings. The van der Waals surface area contributed by atoms with Crippen molar-refractivity contribution in [1.29, 1.82) is 0 Å². The van der Waals surface area contributed by atoms with E-state index in [0.29, 0.717) is 0 Å². The Labute approximate surface area is 171 Å². The molecule has 0 aliphatic carbocycles. The Morgan fingerprint density at radius 1 is 1.04 bits per heavy atom. The number of pyridine rings is 1. The maximum atomic E-state index is 5.89. The van der Waals surface area contributed by atoms with Crippen LogP contribution in [0, 0.1) is 0 Å². The predicted molar refractivity (Wildman–Crippen MR) is 117 cm³/mol. The molecule has 2 rings (SSSR count). The van der Waals surface area contributed by atoms with Crippen LogP contribution in [0.25, 0.3) is 0 Å². The van der Waals surface area contributed by atoms with E-state index in [0.717, 1.165) is 49.3 Å². The number of hydrogen-bond donors (Lipinski definition) is 3. The Kier molecular flexibility index (Phi) is 11.0. The standard InChI is InChI=1S/C18H24ClN5.HI/c1-20-18(24-14-15-7-9-16(19)10-8-15)23-13-5-4-12-22-17-6-2-3-11-21-17;/h2-3,6-11H,4-5,12-14H2,1H3,(H,21,22)(H2,20,23,24);1H. The molecule has 7 heteroatoms. The van der Waals surface area contributed by atoms with Crippen LogP contribution in [-0.2, 0) is 6.54 Å². The summed E-state index contributed by atoms with van der Waals surface area (Å²) >= 11 is 5.89. The molecule has 1 aromatic heterocycles. The zero-order valence-corrected chi connectivity index (χ0v) is 17.4. The molecule has 0 fully saturated rings. The molecule has 25 heavy (non-hydrogen) atoms. The smallest absolute Gasteiger partial charge is 0.191 e. The van der Waals surface area contributed by atoms with Crippen molar-refractivity contribution >= 4 is 47.4 Å². The van der Waals surface area contributed by atoms with Crippen molar-refractivity contribution in [2.75, 3.05) is 25.5 Å². The van der Waals surface area contributed by atoms with Gasteiger partial charge in [0.2, 0.25) is 0 Å². The van der Waals surface area contributed by atoms with Gasteiger partial charge in [-0.2, -0.15) is 0 Å². The largest absolute Gasteiger partial charge is 0.370 e. The van der Waals surface area contributed by atoms with E-state index in [2.05, 4.69) is 25.9 Å². The van der Waals surface area contributed by atoms with Gasteiger partial charge in [0, 0.05) is 37.9 Å². The lowest BCUT2D eigenvalue weighted by Gasteiger charge is -2.12. The Morgan fingerprint density at radius 3 is 2.48 bits per heavy atom. The lowest BCUT2D eigenvalue weighted by Crippen LogP contribution is -2.37. The number of nitrogens with one attached hydrogen (secondary N) is 3. The van der Waals surface area contributed by atoms with Crippen LogP contribution < -0.4 is 16.0 Å². The topological polar surface area (TPSA) is 61.3 Å². The van der Waals surface area contributed by atoms with Crippen LogP contribution in [0.15, 0.2) is 53.7 Å². The van der Waals surface area contributed by atoms with Crippen LogP contribution in [-0.4, -0.2) is 31.1 Å². The van der Waals surface area contributed by atoms with Gasteiger partial charge in [-0.3, -0.25) is 4.99 Å². The Hall–Kier alpha value is -1.54. The zero-order valence-electron chi connectivity index (χ0n) is 14.3. The lowest BCUT2D eigenvalue weighted by molar-refractivity contribution is 0.711. The molecule has 0 bridgehead atoms. The normalized spacial score (nSPS) is 10.7. The van der Waals surface area contributed by atoms with Crippen molar-refractivity contribution in [2.45, 2.75) is 19.4 Å². The lowest BCUT2D eigenvalue weighted by atomic mass is 10.2. The average Bonchev–Trinajstić information content (AvgIpc) is 2.63. The number of anilines is 1. The highest BCUT2D eigenvalue weighted by molar-refractivity contribution is 14.0. The molecule has 1 heterocycles. The summed E-state index contributed by atoms with van der Waals surface area (Å²) in [5, 5.41) is 10.7. The van der Waals surface area contributed by atoms with E-state index < -0.39 is 0 Å². The number of aliphatic imine (C=N–C) groups is 1. The summed E-state index contributed by atoms with van der Waals surface area (Å²) in [5.74, 6) is 1.73. The molecule has 0 amide bonds. The first-order valence-electron chi connectivity index (χ1n) is 8.12. The van der Waals surface area contributed by atoms with Gasteiger partial charge < -0.3 is 16.0 Å². The van der Waals surface area contributed by atoms with Crippen molar-refractivity contribution in [1.82, 2.24) is 15.6 Å². The summed E-state index contributed by atoms with van der Waals surface area (Å²) in [7, 11) is 1.78. The van der Waals surface area contributed by atoms with Crippen molar-refractivity contribution in [3.63, 3.8) is 0 Å². The molecule has 0 atom stereocenters. The maximum absolute atomic E-state index is 5.89. The van der Waals surface area contributed by atoms with Crippen molar-refractivity contribution in [3.05, 3.63) is 59.2 Å². The molecule has 0 spiro atoms. The summed E-state index contributed by atoms with van der Waals surface area (Å²) in [6.45, 7) is 2.51. The number of halogens is 2. The van der Waals surface area contributed by atoms with Gasteiger partial charge in [-0.15, -0.1) is 24.0 Å². The maximum Gasteiger partial charge on any atom is 0.191 e. The van der Waals surface area contributed by atoms with Crippen LogP contribution in [0.1, 0.15) is 18.4 Å². The SMILES string of the molecule is CN=C(NCCCCNc1ccccn1)NCc1ccc(Cl)cc1.I. The van der Waals surface area contributed by atoms with Crippen molar-refractivity contribution in [3.8, 4) is 0 Å². The van der Waals surface area contributed by atoms with E-state index >= 15 is 0 Å². The minimum atomic E-state index is 0. The Bertz CT molecular complexity index is 619. The molecule has 1 aromatic carbocycles. The second-order valence-electron chi connectivity index (χ2n) is 5.33. The molecule has 0 unspecified atom stereocenters. The fraction of sp³-hybridized carbons (Fsp3) is 0.333. The van der Waals surface area contributed by atoms with E-state index in [9.17, 15) is 0 Å². The van der Waals surface area contributed by atoms with Gasteiger partial charge in [-0.25, -0.2) is 4.98 Å². The number of guanidine groups is 1. The first kappa shape index (κ1) is 21.5. The summed E-state index contributed by atoms with van der Waals surface area (Å²) in [4.78, 5) is 8.46. The van der Waals surface area contributed by atoms with Gasteiger partial charge in [0.1, 0.15) is 5.82 Å². The van der Waals surface area contributed by atoms with E-state index in [4.69, 9.17) is 11.6 Å². The number of aromatic nitrogens is 1. The Balaban J connectivity index is 0.00000312. The first-order valence-corrected chi connectivity index (χ1v) is 8.49. The van der Waals surface area contributed by atoms with E-state index in [1.807, 2.05) is 42.5 Å². The molecule has 136 valence electrons. The summed E-state index contributed by atoms with van der Waals surface area (Å²) in [5.41, 5.74) is 1.17. The molecule has 0 radical (unpaired) electrons. The molecular weight excluding hydrogens is 449 g/mol. The monoisotopic (exact) mass is 473 g/mol. The van der Waals surface area contributed by atoms with Crippen molar-refractivity contribution in [2.24, 2.45) is 4.99 Å². The third kappa shape index (κ3) is 8.92. The molecule has 0 saturated carbocycles. The van der Waals surface area contributed by atoms with Gasteiger partial charge >= 0.3 is 0 Å². The van der Waals surface area contributed by atoms with Gasteiger partial charge in [-0.1, -0.05) is 29.8 Å². The molecule has 0 saturated heterocycles. The third-order valence-electron chi connectivity index (χ3n) is 3.46. The minimum absolute atomic E-state index is 0. The number of benzene rings is 1. The highest BCUT2D eigenvalue weighted by atomic mass is 127. The van der Waals surface area contributed by atoms with Crippen LogP contribution >= 0.6 is 35.6 Å². The van der Waals surface area contributed by atoms with Crippen LogP contribution in [0.5, 0.6) is 0 Å². The second-order valence-corrected chi connectivity index (χ2v) is 5.76. The number of rotatable bonds is 8. The highest BCUT2D eigenvalue weighted by Gasteiger charge is 1.98. The number of hydrogen-bond acceptors (Lipinski definition) is 3. The van der Waals surface area contributed by atoms with Gasteiger partial charge in [-0.05, 0) is 42.7 Å². The summed E-state index contributed by atoms with van der Waals surface area (Å²) in [6, 6.07) is 13.7. The van der Waals surface area contributed by atoms with Crippen molar-refractivity contribution < 1.29 is 0 Å². The van der Waals surface area contributed by atoms with E-state index in [1.54, 1.807) is 13.2 Å². The number of nitrogens with zero attached hydrogens (tertiary/aromatic N) is 2. The molecule has 3 N–H and O–H groups in total. The molecule has 0 aliphatic rings. The highest BCUT2D eigenvalue weighted by Crippen LogP contribution is 2.09. The van der Waals surface area contributed by atoms with E-state index in [1.165, 1.54) is 5.56 Å². The van der Waals surface area contributed by atoms with Gasteiger partial charge in [0.25, 0.3) is 0 Å². The quantitative estimate of drug-likeness (QED) is 0.235. The zero-order chi connectivity index (χ0) is 17.0. The average molecular weight is 474 g/mol. The predicted octanol–water partition coefficient (Wildman–Crippen LogP) is 3.91. The molecule has 5 nitrogen and oxygen atoms in total. The van der Waals surface area contributed by atoms with Gasteiger partial charge in [0.15, 0.2) is 5.96 Å². The van der Waals surface area contributed by atoms with Gasteiger partial charge in [0.05, 0.1) is 0 Å². The van der Waals surface area contributed by atoms with E-state index in [-0.39, 0.29) is 24.0 Å². The van der Waals surface area contributed by atoms with Crippen LogP contribution in [0.2, 0.25) is 5.02 Å². The molecular formula is C18H25ClIN5. The summed E-state index contributed by atoms with van der Waals surface area (Å²) < 4.78 is 0.